The number of hydrogen-bond donors (Lipinski definition) is 2. The molecule has 3 rings (SSSR count). The van der Waals surface area contributed by atoms with Crippen molar-refractivity contribution in [2.45, 2.75) is 6.92 Å². The molecule has 3 aromatic rings. The van der Waals surface area contributed by atoms with Crippen molar-refractivity contribution in [3.05, 3.63) is 77.2 Å². The standard InChI is InChI=1S/C18H15ClN4O/c1-12-6-2-4-8-14(12)22-17-11-20-16(10-21-17)18(24)23-15-9-5-3-7-13(15)19/h2-11H,1H3,(H,21,22)(H,23,24). The first kappa shape index (κ1) is 16.0. The van der Waals surface area contributed by atoms with Gasteiger partial charge in [0.25, 0.3) is 5.91 Å². The summed E-state index contributed by atoms with van der Waals surface area (Å²) in [5.74, 6) is 0.205. The van der Waals surface area contributed by atoms with Gasteiger partial charge in [0.1, 0.15) is 11.5 Å². The summed E-state index contributed by atoms with van der Waals surface area (Å²) in [7, 11) is 0. The molecule has 5 nitrogen and oxygen atoms in total. The van der Waals surface area contributed by atoms with Gasteiger partial charge in [-0.1, -0.05) is 41.9 Å². The molecule has 24 heavy (non-hydrogen) atoms. The van der Waals surface area contributed by atoms with E-state index in [0.717, 1.165) is 11.3 Å². The van der Waals surface area contributed by atoms with Gasteiger partial charge < -0.3 is 10.6 Å². The molecule has 0 saturated heterocycles. The quantitative estimate of drug-likeness (QED) is 0.738. The van der Waals surface area contributed by atoms with Crippen LogP contribution in [0.1, 0.15) is 16.1 Å². The fraction of sp³-hybridized carbons (Fsp3) is 0.0556. The van der Waals surface area contributed by atoms with E-state index in [4.69, 9.17) is 11.6 Å². The molecule has 0 bridgehead atoms. The second kappa shape index (κ2) is 7.10. The highest BCUT2D eigenvalue weighted by atomic mass is 35.5. The highest BCUT2D eigenvalue weighted by molar-refractivity contribution is 6.33. The van der Waals surface area contributed by atoms with E-state index in [2.05, 4.69) is 20.6 Å². The number of hydrogen-bond acceptors (Lipinski definition) is 4. The SMILES string of the molecule is Cc1ccccc1Nc1cnc(C(=O)Nc2ccccc2Cl)cn1. The fourth-order valence-electron chi connectivity index (χ4n) is 2.11. The summed E-state index contributed by atoms with van der Waals surface area (Å²) in [5.41, 5.74) is 2.79. The number of benzene rings is 2. The number of aromatic nitrogens is 2. The highest BCUT2D eigenvalue weighted by Crippen LogP contribution is 2.21. The lowest BCUT2D eigenvalue weighted by atomic mass is 10.2. The number of rotatable bonds is 4. The predicted octanol–water partition coefficient (Wildman–Crippen LogP) is 4.43. The van der Waals surface area contributed by atoms with Crippen molar-refractivity contribution < 1.29 is 4.79 Å². The summed E-state index contributed by atoms with van der Waals surface area (Å²) in [4.78, 5) is 20.6. The van der Waals surface area contributed by atoms with Crippen LogP contribution in [0.3, 0.4) is 0 Å². The van der Waals surface area contributed by atoms with Crippen molar-refractivity contribution >= 4 is 34.7 Å². The molecule has 0 spiro atoms. The lowest BCUT2D eigenvalue weighted by Gasteiger charge is -2.09. The largest absolute Gasteiger partial charge is 0.339 e. The van der Waals surface area contributed by atoms with Gasteiger partial charge in [-0.2, -0.15) is 0 Å². The van der Waals surface area contributed by atoms with Crippen molar-refractivity contribution in [3.63, 3.8) is 0 Å². The zero-order chi connectivity index (χ0) is 16.9. The van der Waals surface area contributed by atoms with Crippen molar-refractivity contribution in [2.24, 2.45) is 0 Å². The number of carbonyl (C=O) groups excluding carboxylic acids is 1. The maximum atomic E-state index is 12.2. The van der Waals surface area contributed by atoms with Crippen molar-refractivity contribution in [2.75, 3.05) is 10.6 Å². The Morgan fingerprint density at radius 2 is 1.67 bits per heavy atom. The Morgan fingerprint density at radius 3 is 2.33 bits per heavy atom. The molecule has 0 aliphatic rings. The smallest absolute Gasteiger partial charge is 0.275 e. The van der Waals surface area contributed by atoms with E-state index in [1.165, 1.54) is 12.4 Å². The molecule has 0 atom stereocenters. The van der Waals surface area contributed by atoms with Gasteiger partial charge >= 0.3 is 0 Å². The summed E-state index contributed by atoms with van der Waals surface area (Å²) >= 11 is 6.03. The third kappa shape index (κ3) is 3.70. The molecule has 0 fully saturated rings. The molecule has 0 unspecified atom stereocenters. The Kier molecular flexibility index (Phi) is 4.72. The lowest BCUT2D eigenvalue weighted by molar-refractivity contribution is 0.102. The fourth-order valence-corrected chi connectivity index (χ4v) is 2.29. The van der Waals surface area contributed by atoms with Gasteiger partial charge in [0.15, 0.2) is 0 Å². The second-order valence-electron chi connectivity index (χ2n) is 5.16. The molecule has 2 aromatic carbocycles. The first-order chi connectivity index (χ1) is 11.6. The Morgan fingerprint density at radius 1 is 0.958 bits per heavy atom. The summed E-state index contributed by atoms with van der Waals surface area (Å²) in [6, 6.07) is 14.9. The number of aryl methyl sites for hydroxylation is 1. The van der Waals surface area contributed by atoms with Crippen LogP contribution < -0.4 is 10.6 Å². The van der Waals surface area contributed by atoms with Crippen LogP contribution in [-0.4, -0.2) is 15.9 Å². The van der Waals surface area contributed by atoms with E-state index in [-0.39, 0.29) is 11.6 Å². The maximum absolute atomic E-state index is 12.2. The molecular formula is C18H15ClN4O. The second-order valence-corrected chi connectivity index (χ2v) is 5.57. The number of amides is 1. The van der Waals surface area contributed by atoms with Crippen LogP contribution >= 0.6 is 11.6 Å². The van der Waals surface area contributed by atoms with Gasteiger partial charge in [-0.3, -0.25) is 4.79 Å². The number of nitrogens with one attached hydrogen (secondary N) is 2. The van der Waals surface area contributed by atoms with Crippen LogP contribution in [0.4, 0.5) is 17.2 Å². The van der Waals surface area contributed by atoms with Gasteiger partial charge in [0, 0.05) is 5.69 Å². The van der Waals surface area contributed by atoms with Gasteiger partial charge in [0.2, 0.25) is 0 Å². The summed E-state index contributed by atoms with van der Waals surface area (Å²) < 4.78 is 0. The molecular weight excluding hydrogens is 324 g/mol. The number of halogens is 1. The van der Waals surface area contributed by atoms with E-state index in [1.807, 2.05) is 31.2 Å². The van der Waals surface area contributed by atoms with E-state index >= 15 is 0 Å². The maximum Gasteiger partial charge on any atom is 0.275 e. The Balaban J connectivity index is 1.71. The molecule has 0 aliphatic carbocycles. The van der Waals surface area contributed by atoms with E-state index in [9.17, 15) is 4.79 Å². The van der Waals surface area contributed by atoms with Gasteiger partial charge in [-0.05, 0) is 30.7 Å². The number of nitrogens with zero attached hydrogens (tertiary/aromatic N) is 2. The molecule has 1 heterocycles. The van der Waals surface area contributed by atoms with Gasteiger partial charge in [0.05, 0.1) is 23.1 Å². The third-order valence-corrected chi connectivity index (χ3v) is 3.74. The Bertz CT molecular complexity index is 865. The minimum atomic E-state index is -0.363. The molecule has 0 saturated carbocycles. The van der Waals surface area contributed by atoms with Crippen molar-refractivity contribution in [1.29, 1.82) is 0 Å². The minimum Gasteiger partial charge on any atom is -0.339 e. The number of carbonyl (C=O) groups is 1. The van der Waals surface area contributed by atoms with Crippen molar-refractivity contribution in [1.82, 2.24) is 9.97 Å². The first-order valence-electron chi connectivity index (χ1n) is 7.34. The molecule has 120 valence electrons. The molecule has 0 aliphatic heterocycles. The Labute approximate surface area is 144 Å². The molecule has 6 heteroatoms. The average Bonchev–Trinajstić information content (AvgIpc) is 2.59. The summed E-state index contributed by atoms with van der Waals surface area (Å²) in [5, 5.41) is 6.35. The van der Waals surface area contributed by atoms with Crippen LogP contribution in [0, 0.1) is 6.92 Å². The highest BCUT2D eigenvalue weighted by Gasteiger charge is 2.10. The summed E-state index contributed by atoms with van der Waals surface area (Å²) in [6.45, 7) is 2.00. The molecule has 1 amide bonds. The van der Waals surface area contributed by atoms with E-state index in [1.54, 1.807) is 24.3 Å². The van der Waals surface area contributed by atoms with Gasteiger partial charge in [-0.15, -0.1) is 0 Å². The van der Waals surface area contributed by atoms with Crippen LogP contribution in [-0.2, 0) is 0 Å². The summed E-state index contributed by atoms with van der Waals surface area (Å²) in [6.07, 6.45) is 2.95. The van der Waals surface area contributed by atoms with Crippen LogP contribution in [0.25, 0.3) is 0 Å². The lowest BCUT2D eigenvalue weighted by Crippen LogP contribution is -2.14. The normalized spacial score (nSPS) is 10.2. The Hall–Kier alpha value is -2.92. The zero-order valence-corrected chi connectivity index (χ0v) is 13.7. The van der Waals surface area contributed by atoms with Crippen molar-refractivity contribution in [3.8, 4) is 0 Å². The molecule has 0 radical (unpaired) electrons. The van der Waals surface area contributed by atoms with Crippen LogP contribution in [0.15, 0.2) is 60.9 Å². The van der Waals surface area contributed by atoms with Gasteiger partial charge in [-0.25, -0.2) is 9.97 Å². The zero-order valence-electron chi connectivity index (χ0n) is 13.0. The molecule has 2 N–H and O–H groups in total. The topological polar surface area (TPSA) is 66.9 Å². The predicted molar refractivity (Wildman–Crippen MR) is 95.9 cm³/mol. The van der Waals surface area contributed by atoms with E-state index in [0.29, 0.717) is 16.5 Å². The molecule has 1 aromatic heterocycles. The van der Waals surface area contributed by atoms with Crippen LogP contribution in [0.5, 0.6) is 0 Å². The monoisotopic (exact) mass is 338 g/mol. The number of para-hydroxylation sites is 2. The third-order valence-electron chi connectivity index (χ3n) is 3.41. The average molecular weight is 339 g/mol. The first-order valence-corrected chi connectivity index (χ1v) is 7.72. The van der Waals surface area contributed by atoms with Crippen LogP contribution in [0.2, 0.25) is 5.02 Å². The minimum absolute atomic E-state index is 0.213. The number of anilines is 3. The van der Waals surface area contributed by atoms with E-state index < -0.39 is 0 Å².